The van der Waals surface area contributed by atoms with Gasteiger partial charge in [0.25, 0.3) is 0 Å². The molecule has 0 aliphatic heterocycles. The minimum Gasteiger partial charge on any atom is -0.497 e. The quantitative estimate of drug-likeness (QED) is 0.636. The fourth-order valence-corrected chi connectivity index (χ4v) is 3.38. The largest absolute Gasteiger partial charge is 0.497 e. The van der Waals surface area contributed by atoms with E-state index in [0.717, 1.165) is 22.7 Å². The second-order valence-corrected chi connectivity index (χ2v) is 7.09. The third kappa shape index (κ3) is 4.89. The molecule has 1 amide bonds. The highest BCUT2D eigenvalue weighted by atomic mass is 32.2. The zero-order chi connectivity index (χ0) is 19.2. The number of aryl methyl sites for hydroxylation is 1. The molecule has 1 N–H and O–H groups in total. The number of hydrogen-bond donors (Lipinski definition) is 1. The van der Waals surface area contributed by atoms with Gasteiger partial charge in [0.2, 0.25) is 5.91 Å². The number of carbonyl (C=O) groups is 1. The summed E-state index contributed by atoms with van der Waals surface area (Å²) in [6.45, 7) is 2.51. The fourth-order valence-electron chi connectivity index (χ4n) is 2.64. The van der Waals surface area contributed by atoms with Crippen LogP contribution in [-0.4, -0.2) is 33.5 Å². The molecule has 0 unspecified atom stereocenters. The first-order valence-electron chi connectivity index (χ1n) is 8.55. The van der Waals surface area contributed by atoms with Gasteiger partial charge in [0.05, 0.1) is 12.9 Å². The van der Waals surface area contributed by atoms with Gasteiger partial charge >= 0.3 is 0 Å². The molecule has 2 aromatic carbocycles. The van der Waals surface area contributed by atoms with Gasteiger partial charge < -0.3 is 14.6 Å². The van der Waals surface area contributed by atoms with E-state index < -0.39 is 0 Å². The summed E-state index contributed by atoms with van der Waals surface area (Å²) >= 11 is 1.37. The lowest BCUT2D eigenvalue weighted by Crippen LogP contribution is -2.24. The van der Waals surface area contributed by atoms with Gasteiger partial charge in [-0.3, -0.25) is 4.79 Å². The summed E-state index contributed by atoms with van der Waals surface area (Å²) in [6, 6.07) is 15.8. The molecular formula is C20H22N4O2S. The number of benzene rings is 2. The molecule has 0 spiro atoms. The molecule has 1 aromatic heterocycles. The average Bonchev–Trinajstić information content (AvgIpc) is 3.05. The molecule has 1 heterocycles. The minimum atomic E-state index is -0.0528. The van der Waals surface area contributed by atoms with Crippen LogP contribution in [0.5, 0.6) is 5.75 Å². The van der Waals surface area contributed by atoms with Crippen LogP contribution in [-0.2, 0) is 18.4 Å². The Morgan fingerprint density at radius 2 is 2.00 bits per heavy atom. The van der Waals surface area contributed by atoms with Gasteiger partial charge in [-0.25, -0.2) is 0 Å². The summed E-state index contributed by atoms with van der Waals surface area (Å²) in [5, 5.41) is 12.1. The maximum atomic E-state index is 12.2. The number of nitrogens with one attached hydrogen (secondary N) is 1. The van der Waals surface area contributed by atoms with Crippen molar-refractivity contribution in [2.24, 2.45) is 7.05 Å². The number of ether oxygens (including phenoxy) is 1. The summed E-state index contributed by atoms with van der Waals surface area (Å²) in [4.78, 5) is 12.2. The number of carbonyl (C=O) groups excluding carboxylic acids is 1. The van der Waals surface area contributed by atoms with Gasteiger partial charge in [-0.15, -0.1) is 10.2 Å². The third-order valence-electron chi connectivity index (χ3n) is 4.07. The number of hydrogen-bond acceptors (Lipinski definition) is 5. The first kappa shape index (κ1) is 19.0. The molecule has 0 radical (unpaired) electrons. The highest BCUT2D eigenvalue weighted by Gasteiger charge is 2.13. The highest BCUT2D eigenvalue weighted by molar-refractivity contribution is 7.99. The van der Waals surface area contributed by atoms with E-state index in [2.05, 4.69) is 21.6 Å². The number of rotatable bonds is 7. The zero-order valence-corrected chi connectivity index (χ0v) is 16.4. The first-order chi connectivity index (χ1) is 13.1. The Bertz CT molecular complexity index is 939. The van der Waals surface area contributed by atoms with Crippen LogP contribution in [0.1, 0.15) is 11.1 Å². The Balaban J connectivity index is 1.56. The smallest absolute Gasteiger partial charge is 0.230 e. The van der Waals surface area contributed by atoms with Crippen LogP contribution in [0.3, 0.4) is 0 Å². The number of thioether (sulfide) groups is 1. The van der Waals surface area contributed by atoms with Crippen LogP contribution in [0.15, 0.2) is 53.7 Å². The maximum absolute atomic E-state index is 12.2. The van der Waals surface area contributed by atoms with Crippen molar-refractivity contribution in [3.05, 3.63) is 59.7 Å². The topological polar surface area (TPSA) is 69.0 Å². The van der Waals surface area contributed by atoms with Crippen molar-refractivity contribution >= 4 is 17.7 Å². The van der Waals surface area contributed by atoms with Gasteiger partial charge in [-0.2, -0.15) is 0 Å². The van der Waals surface area contributed by atoms with Crippen molar-refractivity contribution in [3.8, 4) is 17.1 Å². The first-order valence-corrected chi connectivity index (χ1v) is 9.54. The van der Waals surface area contributed by atoms with Gasteiger partial charge in [0, 0.05) is 19.2 Å². The molecule has 0 saturated heterocycles. The van der Waals surface area contributed by atoms with E-state index in [9.17, 15) is 4.79 Å². The van der Waals surface area contributed by atoms with Crippen molar-refractivity contribution < 1.29 is 9.53 Å². The maximum Gasteiger partial charge on any atom is 0.230 e. The fraction of sp³-hybridized carbons (Fsp3) is 0.250. The Labute approximate surface area is 163 Å². The zero-order valence-electron chi connectivity index (χ0n) is 15.6. The lowest BCUT2D eigenvalue weighted by Gasteiger charge is -2.07. The van der Waals surface area contributed by atoms with Crippen molar-refractivity contribution in [1.82, 2.24) is 20.1 Å². The standard InChI is InChI=1S/C20H22N4O2S/c1-14-6-4-8-16(10-14)19-22-23-20(24(19)2)27-13-18(25)21-12-15-7-5-9-17(11-15)26-3/h4-11H,12-13H2,1-3H3,(H,21,25). The van der Waals surface area contributed by atoms with E-state index in [1.807, 2.05) is 61.0 Å². The number of methoxy groups -OCH3 is 1. The molecule has 0 bridgehead atoms. The highest BCUT2D eigenvalue weighted by Crippen LogP contribution is 2.23. The molecule has 27 heavy (non-hydrogen) atoms. The number of aromatic nitrogens is 3. The molecule has 0 aliphatic rings. The van der Waals surface area contributed by atoms with Crippen LogP contribution >= 0.6 is 11.8 Å². The lowest BCUT2D eigenvalue weighted by atomic mass is 10.1. The van der Waals surface area contributed by atoms with E-state index in [0.29, 0.717) is 11.7 Å². The summed E-state index contributed by atoms with van der Waals surface area (Å²) in [7, 11) is 3.54. The molecule has 0 fully saturated rings. The second kappa shape index (κ2) is 8.73. The Kier molecular flexibility index (Phi) is 6.13. The van der Waals surface area contributed by atoms with Crippen molar-refractivity contribution in [1.29, 1.82) is 0 Å². The molecule has 0 aliphatic carbocycles. The minimum absolute atomic E-state index is 0.0528. The van der Waals surface area contributed by atoms with Gasteiger partial charge in [0.15, 0.2) is 11.0 Å². The molecule has 3 rings (SSSR count). The number of amides is 1. The molecular weight excluding hydrogens is 360 g/mol. The normalized spacial score (nSPS) is 10.6. The Morgan fingerprint density at radius 1 is 1.19 bits per heavy atom. The molecule has 0 atom stereocenters. The Morgan fingerprint density at radius 3 is 2.78 bits per heavy atom. The van der Waals surface area contributed by atoms with Crippen LogP contribution in [0.2, 0.25) is 0 Å². The van der Waals surface area contributed by atoms with Crippen molar-refractivity contribution in [2.75, 3.05) is 12.9 Å². The lowest BCUT2D eigenvalue weighted by molar-refractivity contribution is -0.118. The summed E-state index contributed by atoms with van der Waals surface area (Å²) in [6.07, 6.45) is 0. The molecule has 7 heteroatoms. The van der Waals surface area contributed by atoms with Crippen LogP contribution < -0.4 is 10.1 Å². The summed E-state index contributed by atoms with van der Waals surface area (Å²) in [5.41, 5.74) is 3.18. The van der Waals surface area contributed by atoms with Gasteiger partial charge in [0.1, 0.15) is 5.75 Å². The SMILES string of the molecule is COc1cccc(CNC(=O)CSc2nnc(-c3cccc(C)c3)n2C)c1. The van der Waals surface area contributed by atoms with Gasteiger partial charge in [-0.1, -0.05) is 47.7 Å². The van der Waals surface area contributed by atoms with Crippen molar-refractivity contribution in [3.63, 3.8) is 0 Å². The molecule has 0 saturated carbocycles. The average molecular weight is 382 g/mol. The second-order valence-electron chi connectivity index (χ2n) is 6.15. The summed E-state index contributed by atoms with van der Waals surface area (Å²) < 4.78 is 7.10. The van der Waals surface area contributed by atoms with E-state index in [1.54, 1.807) is 7.11 Å². The molecule has 6 nitrogen and oxygen atoms in total. The van der Waals surface area contributed by atoms with Crippen molar-refractivity contribution in [2.45, 2.75) is 18.6 Å². The number of nitrogens with zero attached hydrogens (tertiary/aromatic N) is 3. The predicted molar refractivity (Wildman–Crippen MR) is 107 cm³/mol. The van der Waals surface area contributed by atoms with E-state index in [-0.39, 0.29) is 11.7 Å². The van der Waals surface area contributed by atoms with E-state index >= 15 is 0 Å². The van der Waals surface area contributed by atoms with Crippen LogP contribution in [0.25, 0.3) is 11.4 Å². The molecule has 140 valence electrons. The molecule has 3 aromatic rings. The summed E-state index contributed by atoms with van der Waals surface area (Å²) in [5.74, 6) is 1.80. The Hall–Kier alpha value is -2.80. The monoisotopic (exact) mass is 382 g/mol. The van der Waals surface area contributed by atoms with Crippen LogP contribution in [0, 0.1) is 6.92 Å². The van der Waals surface area contributed by atoms with E-state index in [1.165, 1.54) is 17.3 Å². The predicted octanol–water partition coefficient (Wildman–Crippen LogP) is 3.21. The van der Waals surface area contributed by atoms with Crippen LogP contribution in [0.4, 0.5) is 0 Å². The van der Waals surface area contributed by atoms with E-state index in [4.69, 9.17) is 4.74 Å². The van der Waals surface area contributed by atoms with Gasteiger partial charge in [-0.05, 0) is 30.7 Å². The third-order valence-corrected chi connectivity index (χ3v) is 5.09.